The van der Waals surface area contributed by atoms with Crippen molar-refractivity contribution < 1.29 is 0 Å². The van der Waals surface area contributed by atoms with E-state index in [2.05, 4.69) is 58.1 Å². The van der Waals surface area contributed by atoms with E-state index in [1.165, 1.54) is 5.56 Å². The maximum atomic E-state index is 11.7. The number of hydrogen-bond donors (Lipinski definition) is 2. The summed E-state index contributed by atoms with van der Waals surface area (Å²) in [6.45, 7) is 5.86. The molecule has 1 unspecified atom stereocenters. The molecule has 0 aromatic heterocycles. The minimum atomic E-state index is 0.0305. The van der Waals surface area contributed by atoms with Gasteiger partial charge in [-0.3, -0.25) is 10.4 Å². The molecule has 0 amide bonds. The van der Waals surface area contributed by atoms with E-state index in [9.17, 15) is 5.21 Å². The van der Waals surface area contributed by atoms with E-state index in [1.54, 1.807) is 6.21 Å². The molecule has 24 heavy (non-hydrogen) atoms. The molecular formula is C18H22N5O-. The van der Waals surface area contributed by atoms with Crippen LogP contribution >= 0.6 is 0 Å². The fraction of sp³-hybridized carbons (Fsp3) is 0.333. The fourth-order valence-electron chi connectivity index (χ4n) is 2.62. The molecule has 0 saturated heterocycles. The first-order valence-electron chi connectivity index (χ1n) is 8.12. The highest BCUT2D eigenvalue weighted by molar-refractivity contribution is 6.30. The van der Waals surface area contributed by atoms with E-state index in [1.807, 2.05) is 19.9 Å². The number of amidine groups is 1. The van der Waals surface area contributed by atoms with Gasteiger partial charge in [0.1, 0.15) is 0 Å². The van der Waals surface area contributed by atoms with Crippen molar-refractivity contribution in [3.8, 4) is 0 Å². The van der Waals surface area contributed by atoms with Crippen molar-refractivity contribution >= 4 is 17.6 Å². The van der Waals surface area contributed by atoms with Crippen molar-refractivity contribution in [1.82, 2.24) is 16.1 Å². The molecule has 0 spiro atoms. The third-order valence-electron chi connectivity index (χ3n) is 3.81. The highest BCUT2D eigenvalue weighted by Crippen LogP contribution is 2.29. The first-order chi connectivity index (χ1) is 11.5. The molecule has 0 saturated carbocycles. The first kappa shape index (κ1) is 16.6. The van der Waals surface area contributed by atoms with Crippen LogP contribution in [0, 0.1) is 12.1 Å². The number of nitrogens with zero attached hydrogens (tertiary/aromatic N) is 3. The van der Waals surface area contributed by atoms with Gasteiger partial charge in [-0.2, -0.15) is 0 Å². The zero-order chi connectivity index (χ0) is 17.1. The zero-order valence-corrected chi connectivity index (χ0v) is 14.2. The van der Waals surface area contributed by atoms with Gasteiger partial charge in [-0.25, -0.2) is 15.7 Å². The van der Waals surface area contributed by atoms with Crippen LogP contribution in [0.25, 0.3) is 5.57 Å². The van der Waals surface area contributed by atoms with Gasteiger partial charge in [0.05, 0.1) is 18.0 Å². The van der Waals surface area contributed by atoms with Crippen LogP contribution in [-0.2, 0) is 0 Å². The number of nitrogens with one attached hydrogen (secondary N) is 2. The standard InChI is InChI=1S/C18H22N5O/c1-12(2)21-23(24)22-18-11-19-16-9-8-15(10-17(16)20-18)14-6-4-13(3)5-7-14/h4-8,10-12,16,21H,9H2,1-3H3,(H,20,22)/q-1. The topological polar surface area (TPSA) is 75.1 Å². The maximum absolute atomic E-state index is 11.7. The molecule has 1 aromatic rings. The highest BCUT2D eigenvalue weighted by atomic mass is 16.6. The van der Waals surface area contributed by atoms with Gasteiger partial charge in [0.15, 0.2) is 5.84 Å². The molecule has 1 heterocycles. The van der Waals surface area contributed by atoms with Crippen LogP contribution in [0.4, 0.5) is 0 Å². The summed E-state index contributed by atoms with van der Waals surface area (Å²) in [6.07, 6.45) is 6.65. The maximum Gasteiger partial charge on any atom is 0.159 e. The molecular weight excluding hydrogens is 302 g/mol. The van der Waals surface area contributed by atoms with Gasteiger partial charge in [-0.05, 0) is 44.4 Å². The average molecular weight is 324 g/mol. The molecule has 2 aliphatic rings. The Bertz CT molecular complexity index is 715. The van der Waals surface area contributed by atoms with E-state index in [0.29, 0.717) is 11.1 Å². The number of allylic oxidation sites excluding steroid dienone is 2. The molecule has 6 heteroatoms. The molecule has 1 atom stereocenters. The SMILES string of the molecule is Cc1ccc(C2=CCC3N=CC(NN([O-])NC(C)C)=NC3=C2)cc1. The number of hydrazine groups is 2. The molecule has 6 nitrogen and oxygen atoms in total. The smallest absolute Gasteiger partial charge is 0.159 e. The summed E-state index contributed by atoms with van der Waals surface area (Å²) >= 11 is 0. The second kappa shape index (κ2) is 7.09. The Kier molecular flexibility index (Phi) is 4.89. The van der Waals surface area contributed by atoms with Crippen LogP contribution in [-0.4, -0.2) is 29.4 Å². The van der Waals surface area contributed by atoms with E-state index in [4.69, 9.17) is 0 Å². The van der Waals surface area contributed by atoms with Crippen LogP contribution in [0.5, 0.6) is 0 Å². The third kappa shape index (κ3) is 3.97. The van der Waals surface area contributed by atoms with Crippen LogP contribution in [0.2, 0.25) is 0 Å². The van der Waals surface area contributed by atoms with Gasteiger partial charge >= 0.3 is 0 Å². The second-order valence-corrected chi connectivity index (χ2v) is 6.31. The van der Waals surface area contributed by atoms with Crippen molar-refractivity contribution in [1.29, 1.82) is 0 Å². The minimum absolute atomic E-state index is 0.0305. The first-order valence-corrected chi connectivity index (χ1v) is 8.12. The molecule has 3 rings (SSSR count). The van der Waals surface area contributed by atoms with Crippen molar-refractivity contribution in [2.75, 3.05) is 0 Å². The van der Waals surface area contributed by atoms with E-state index in [0.717, 1.165) is 23.3 Å². The Morgan fingerprint density at radius 2 is 2.00 bits per heavy atom. The minimum Gasteiger partial charge on any atom is -0.753 e. The number of rotatable bonds is 4. The summed E-state index contributed by atoms with van der Waals surface area (Å²) in [4.78, 5) is 9.02. The molecule has 126 valence electrons. The van der Waals surface area contributed by atoms with E-state index >= 15 is 0 Å². The quantitative estimate of drug-likeness (QED) is 0.835. The molecule has 1 aliphatic heterocycles. The van der Waals surface area contributed by atoms with Crippen LogP contribution in [0.15, 0.2) is 52.1 Å². The third-order valence-corrected chi connectivity index (χ3v) is 3.81. The number of aryl methyl sites for hydroxylation is 1. The highest BCUT2D eigenvalue weighted by Gasteiger charge is 2.20. The second-order valence-electron chi connectivity index (χ2n) is 6.31. The molecule has 1 aliphatic carbocycles. The molecule has 1 aromatic carbocycles. The normalized spacial score (nSPS) is 19.8. The Labute approximate surface area is 142 Å². The Balaban J connectivity index is 1.76. The van der Waals surface area contributed by atoms with Gasteiger partial charge in [0.2, 0.25) is 0 Å². The summed E-state index contributed by atoms with van der Waals surface area (Å²) in [7, 11) is 0. The lowest BCUT2D eigenvalue weighted by Crippen LogP contribution is -2.50. The van der Waals surface area contributed by atoms with Crippen molar-refractivity contribution in [3.05, 3.63) is 58.4 Å². The van der Waals surface area contributed by atoms with Crippen molar-refractivity contribution in [3.63, 3.8) is 0 Å². The predicted octanol–water partition coefficient (Wildman–Crippen LogP) is 2.73. The van der Waals surface area contributed by atoms with Gasteiger partial charge in [0.25, 0.3) is 0 Å². The van der Waals surface area contributed by atoms with E-state index in [-0.39, 0.29) is 12.1 Å². The average Bonchev–Trinajstić information content (AvgIpc) is 2.54. The molecule has 0 fully saturated rings. The number of aliphatic imine (C=N–C) groups is 2. The number of benzene rings is 1. The van der Waals surface area contributed by atoms with Gasteiger partial charge in [-0.1, -0.05) is 35.9 Å². The zero-order valence-electron chi connectivity index (χ0n) is 14.2. The summed E-state index contributed by atoms with van der Waals surface area (Å²) in [5.74, 6) is 0.436. The summed E-state index contributed by atoms with van der Waals surface area (Å²) in [5.41, 5.74) is 9.76. The predicted molar refractivity (Wildman–Crippen MR) is 98.2 cm³/mol. The van der Waals surface area contributed by atoms with Gasteiger partial charge < -0.3 is 5.21 Å². The summed E-state index contributed by atoms with van der Waals surface area (Å²) in [5, 5.41) is 12.3. The summed E-state index contributed by atoms with van der Waals surface area (Å²) < 4.78 is 0. The number of fused-ring (bicyclic) bond motifs is 1. The molecule has 0 bridgehead atoms. The van der Waals surface area contributed by atoms with E-state index < -0.39 is 0 Å². The monoisotopic (exact) mass is 324 g/mol. The summed E-state index contributed by atoms with van der Waals surface area (Å²) in [6, 6.07) is 8.49. The van der Waals surface area contributed by atoms with Gasteiger partial charge in [-0.15, -0.1) is 0 Å². The lowest BCUT2D eigenvalue weighted by molar-refractivity contribution is 0.210. The lowest BCUT2D eigenvalue weighted by Gasteiger charge is -2.32. The number of hydrogen-bond acceptors (Lipinski definition) is 6. The van der Waals surface area contributed by atoms with Crippen LogP contribution < -0.4 is 10.9 Å². The largest absolute Gasteiger partial charge is 0.753 e. The van der Waals surface area contributed by atoms with Crippen LogP contribution in [0.1, 0.15) is 31.4 Å². The Morgan fingerprint density at radius 1 is 1.25 bits per heavy atom. The molecule has 2 N–H and O–H groups in total. The van der Waals surface area contributed by atoms with Crippen LogP contribution in [0.3, 0.4) is 0 Å². The Morgan fingerprint density at radius 3 is 2.71 bits per heavy atom. The molecule has 0 radical (unpaired) electrons. The lowest BCUT2D eigenvalue weighted by atomic mass is 9.94. The van der Waals surface area contributed by atoms with Gasteiger partial charge in [0, 0.05) is 6.04 Å². The van der Waals surface area contributed by atoms with Crippen molar-refractivity contribution in [2.45, 2.75) is 39.3 Å². The van der Waals surface area contributed by atoms with Crippen molar-refractivity contribution in [2.24, 2.45) is 9.98 Å². The fourth-order valence-corrected chi connectivity index (χ4v) is 2.62. The Hall–Kier alpha value is -2.28.